The van der Waals surface area contributed by atoms with E-state index in [9.17, 15) is 9.59 Å². The number of methoxy groups -OCH3 is 2. The van der Waals surface area contributed by atoms with E-state index in [2.05, 4.69) is 15.8 Å². The molecular weight excluding hydrogens is 374 g/mol. The zero-order chi connectivity index (χ0) is 21.1. The van der Waals surface area contributed by atoms with E-state index in [1.54, 1.807) is 32.2 Å². The summed E-state index contributed by atoms with van der Waals surface area (Å²) < 4.78 is 15.3. The molecule has 0 spiro atoms. The second-order valence-electron chi connectivity index (χ2n) is 5.95. The van der Waals surface area contributed by atoms with Gasteiger partial charge in [0.25, 0.3) is 5.91 Å². The second kappa shape index (κ2) is 11.3. The third-order valence-electron chi connectivity index (χ3n) is 3.99. The Morgan fingerprint density at radius 2 is 1.86 bits per heavy atom. The largest absolute Gasteiger partial charge is 0.497 e. The normalized spacial score (nSPS) is 11.6. The number of nitrogens with zero attached hydrogens (tertiary/aromatic N) is 1. The summed E-state index contributed by atoms with van der Waals surface area (Å²) in [4.78, 5) is 24.4. The maximum Gasteiger partial charge on any atom is 0.407 e. The number of carbonyl (C=O) groups is 2. The van der Waals surface area contributed by atoms with Gasteiger partial charge < -0.3 is 19.5 Å². The highest BCUT2D eigenvalue weighted by Gasteiger charge is 2.21. The van der Waals surface area contributed by atoms with E-state index in [1.807, 2.05) is 30.3 Å². The fraction of sp³-hybridized carbons (Fsp3) is 0.286. The van der Waals surface area contributed by atoms with Gasteiger partial charge in [-0.05, 0) is 24.6 Å². The van der Waals surface area contributed by atoms with E-state index in [-0.39, 0.29) is 6.61 Å². The number of benzene rings is 2. The van der Waals surface area contributed by atoms with Crippen LogP contribution in [-0.4, -0.2) is 45.1 Å². The molecule has 2 amide bonds. The van der Waals surface area contributed by atoms with Crippen LogP contribution in [0, 0.1) is 0 Å². The van der Waals surface area contributed by atoms with Crippen molar-refractivity contribution in [1.82, 2.24) is 10.7 Å². The molecule has 2 N–H and O–H groups in total. The van der Waals surface area contributed by atoms with Gasteiger partial charge in [0.1, 0.15) is 17.5 Å². The third-order valence-corrected chi connectivity index (χ3v) is 3.99. The Labute approximate surface area is 169 Å². The highest BCUT2D eigenvalue weighted by molar-refractivity contribution is 5.88. The highest BCUT2D eigenvalue weighted by Crippen LogP contribution is 2.22. The minimum atomic E-state index is -0.841. The van der Waals surface area contributed by atoms with Gasteiger partial charge in [-0.15, -0.1) is 0 Å². The summed E-state index contributed by atoms with van der Waals surface area (Å²) in [5.74, 6) is 0.725. The number of ether oxygens (including phenoxy) is 3. The van der Waals surface area contributed by atoms with Crippen molar-refractivity contribution in [2.45, 2.75) is 19.4 Å². The van der Waals surface area contributed by atoms with E-state index < -0.39 is 18.0 Å². The van der Waals surface area contributed by atoms with Crippen molar-refractivity contribution < 1.29 is 23.8 Å². The zero-order valence-electron chi connectivity index (χ0n) is 16.7. The van der Waals surface area contributed by atoms with Crippen LogP contribution < -0.4 is 20.2 Å². The van der Waals surface area contributed by atoms with Crippen molar-refractivity contribution in [2.75, 3.05) is 20.8 Å². The van der Waals surface area contributed by atoms with E-state index in [0.29, 0.717) is 23.5 Å². The number of hydrazone groups is 1. The summed E-state index contributed by atoms with van der Waals surface area (Å²) in [6.07, 6.45) is 1.09. The first-order valence-corrected chi connectivity index (χ1v) is 9.09. The summed E-state index contributed by atoms with van der Waals surface area (Å²) >= 11 is 0. The molecule has 0 aliphatic heterocycles. The van der Waals surface area contributed by atoms with E-state index in [4.69, 9.17) is 14.2 Å². The van der Waals surface area contributed by atoms with Crippen LogP contribution in [0.3, 0.4) is 0 Å². The lowest BCUT2D eigenvalue weighted by Gasteiger charge is -2.17. The summed E-state index contributed by atoms with van der Waals surface area (Å²) in [7, 11) is 3.09. The van der Waals surface area contributed by atoms with Crippen LogP contribution in [0.25, 0.3) is 0 Å². The molecule has 0 unspecified atom stereocenters. The lowest BCUT2D eigenvalue weighted by molar-refractivity contribution is -0.123. The minimum absolute atomic E-state index is 0.209. The first-order valence-electron chi connectivity index (χ1n) is 9.09. The predicted octanol–water partition coefficient (Wildman–Crippen LogP) is 2.51. The second-order valence-corrected chi connectivity index (χ2v) is 5.95. The van der Waals surface area contributed by atoms with Gasteiger partial charge in [0, 0.05) is 18.1 Å². The van der Waals surface area contributed by atoms with Gasteiger partial charge in [0.2, 0.25) is 0 Å². The van der Waals surface area contributed by atoms with Crippen molar-refractivity contribution in [3.05, 3.63) is 59.7 Å². The van der Waals surface area contributed by atoms with E-state index >= 15 is 0 Å². The Kier molecular flexibility index (Phi) is 8.50. The molecule has 29 heavy (non-hydrogen) atoms. The number of nitrogens with one attached hydrogen (secondary N) is 2. The van der Waals surface area contributed by atoms with E-state index in [1.165, 1.54) is 13.3 Å². The van der Waals surface area contributed by atoms with Crippen LogP contribution in [0.1, 0.15) is 18.1 Å². The molecule has 0 fully saturated rings. The number of alkyl carbamates (subject to hydrolysis) is 1. The molecule has 154 valence electrons. The number of amides is 2. The van der Waals surface area contributed by atoms with Gasteiger partial charge in [0.15, 0.2) is 0 Å². The fourth-order valence-electron chi connectivity index (χ4n) is 2.54. The number of hydrogen-bond acceptors (Lipinski definition) is 6. The summed E-state index contributed by atoms with van der Waals surface area (Å²) in [6, 6.07) is 13.7. The maximum absolute atomic E-state index is 12.6. The van der Waals surface area contributed by atoms with E-state index in [0.717, 1.165) is 5.56 Å². The lowest BCUT2D eigenvalue weighted by atomic mass is 10.1. The van der Waals surface area contributed by atoms with Gasteiger partial charge in [-0.3, -0.25) is 4.79 Å². The topological polar surface area (TPSA) is 98.2 Å². The fourth-order valence-corrected chi connectivity index (χ4v) is 2.54. The average Bonchev–Trinajstić information content (AvgIpc) is 2.74. The molecule has 0 saturated heterocycles. The molecule has 8 nitrogen and oxygen atoms in total. The van der Waals surface area contributed by atoms with Gasteiger partial charge in [-0.25, -0.2) is 10.2 Å². The van der Waals surface area contributed by atoms with Crippen LogP contribution in [0.5, 0.6) is 11.5 Å². The Morgan fingerprint density at radius 1 is 1.10 bits per heavy atom. The zero-order valence-corrected chi connectivity index (χ0v) is 16.7. The Morgan fingerprint density at radius 3 is 2.52 bits per heavy atom. The third kappa shape index (κ3) is 6.84. The molecule has 0 radical (unpaired) electrons. The van der Waals surface area contributed by atoms with Crippen LogP contribution >= 0.6 is 0 Å². The summed E-state index contributed by atoms with van der Waals surface area (Å²) in [5.41, 5.74) is 4.00. The number of carbonyl (C=O) groups excluding carboxylic acids is 2. The van der Waals surface area contributed by atoms with Gasteiger partial charge in [-0.1, -0.05) is 30.3 Å². The molecule has 1 atom stereocenters. The quantitative estimate of drug-likeness (QED) is 0.499. The van der Waals surface area contributed by atoms with Crippen LogP contribution in [0.4, 0.5) is 4.79 Å². The van der Waals surface area contributed by atoms with Crippen molar-refractivity contribution in [3.63, 3.8) is 0 Å². The van der Waals surface area contributed by atoms with Crippen LogP contribution in [0.15, 0.2) is 53.6 Å². The molecule has 0 bridgehead atoms. The molecule has 2 aromatic rings. The molecule has 0 saturated carbocycles. The summed E-state index contributed by atoms with van der Waals surface area (Å²) in [6.45, 7) is 1.90. The molecule has 0 aliphatic rings. The van der Waals surface area contributed by atoms with Crippen molar-refractivity contribution in [2.24, 2.45) is 5.10 Å². The molecule has 2 rings (SSSR count). The molecule has 2 aromatic carbocycles. The average molecular weight is 399 g/mol. The smallest absolute Gasteiger partial charge is 0.407 e. The molecule has 0 aromatic heterocycles. The number of rotatable bonds is 9. The molecule has 0 heterocycles. The number of hydrogen-bond donors (Lipinski definition) is 2. The predicted molar refractivity (Wildman–Crippen MR) is 109 cm³/mol. The first kappa shape index (κ1) is 21.7. The monoisotopic (exact) mass is 399 g/mol. The first-order chi connectivity index (χ1) is 14.1. The Bertz CT molecular complexity index is 839. The van der Waals surface area contributed by atoms with Crippen molar-refractivity contribution >= 4 is 18.2 Å². The van der Waals surface area contributed by atoms with Crippen molar-refractivity contribution in [1.29, 1.82) is 0 Å². The maximum atomic E-state index is 12.6. The van der Waals surface area contributed by atoms with Gasteiger partial charge in [-0.2, -0.15) is 5.10 Å². The Hall–Kier alpha value is -3.55. The van der Waals surface area contributed by atoms with Crippen LogP contribution in [-0.2, 0) is 16.0 Å². The lowest BCUT2D eigenvalue weighted by Crippen LogP contribution is -2.47. The molecule has 8 heteroatoms. The van der Waals surface area contributed by atoms with Crippen LogP contribution in [0.2, 0.25) is 0 Å². The summed E-state index contributed by atoms with van der Waals surface area (Å²) in [5, 5.41) is 6.55. The molecule has 0 aliphatic carbocycles. The standard InChI is InChI=1S/C21H25N3O5/c1-4-29-21(26)23-18(12-15-8-6-5-7-9-15)20(25)24-22-14-16-10-11-17(27-2)13-19(16)28-3/h5-11,13-14,18H,4,12H2,1-3H3,(H,23,26)(H,24,25)/b22-14-/t18-/m1/s1. The SMILES string of the molecule is CCOC(=O)N[C@H](Cc1ccccc1)C(=O)N/N=C\c1ccc(OC)cc1OC. The van der Waals surface area contributed by atoms with Gasteiger partial charge in [0.05, 0.1) is 27.0 Å². The highest BCUT2D eigenvalue weighted by atomic mass is 16.5. The van der Waals surface area contributed by atoms with Crippen molar-refractivity contribution in [3.8, 4) is 11.5 Å². The minimum Gasteiger partial charge on any atom is -0.497 e. The van der Waals surface area contributed by atoms with Gasteiger partial charge >= 0.3 is 6.09 Å². The Balaban J connectivity index is 2.08. The molecular formula is C21H25N3O5.